The molecule has 2 unspecified atom stereocenters. The number of morpholine rings is 1. The molecule has 2 fully saturated rings. The summed E-state index contributed by atoms with van der Waals surface area (Å²) in [6.45, 7) is 8.96. The quantitative estimate of drug-likeness (QED) is 0.517. The fourth-order valence-corrected chi connectivity index (χ4v) is 5.64. The van der Waals surface area contributed by atoms with Gasteiger partial charge in [0, 0.05) is 44.4 Å². The summed E-state index contributed by atoms with van der Waals surface area (Å²) in [5.41, 5.74) is 0.343. The van der Waals surface area contributed by atoms with Crippen LogP contribution < -0.4 is 10.0 Å². The highest BCUT2D eigenvalue weighted by atomic mass is 32.2. The van der Waals surface area contributed by atoms with Crippen LogP contribution in [-0.4, -0.2) is 77.4 Å². The van der Waals surface area contributed by atoms with Gasteiger partial charge in [0.05, 0.1) is 24.2 Å². The molecule has 180 valence electrons. The van der Waals surface area contributed by atoms with Crippen LogP contribution in [0.1, 0.15) is 49.9 Å². The van der Waals surface area contributed by atoms with E-state index in [0.717, 1.165) is 38.8 Å². The van der Waals surface area contributed by atoms with Crippen molar-refractivity contribution < 1.29 is 22.7 Å². The van der Waals surface area contributed by atoms with Gasteiger partial charge < -0.3 is 14.8 Å². The molecule has 0 radical (unpaired) electrons. The molecule has 1 aromatic carbocycles. The molecule has 2 atom stereocenters. The summed E-state index contributed by atoms with van der Waals surface area (Å²) >= 11 is 0. The van der Waals surface area contributed by atoms with Gasteiger partial charge in [0.25, 0.3) is 5.91 Å². The minimum atomic E-state index is -3.71. The highest BCUT2D eigenvalue weighted by molar-refractivity contribution is 7.89. The molecule has 2 heterocycles. The van der Waals surface area contributed by atoms with E-state index in [4.69, 9.17) is 9.47 Å². The lowest BCUT2D eigenvalue weighted by atomic mass is 9.92. The number of nitrogens with one attached hydrogen (secondary N) is 2. The second-order valence-electron chi connectivity index (χ2n) is 8.52. The van der Waals surface area contributed by atoms with E-state index >= 15 is 0 Å². The van der Waals surface area contributed by atoms with Crippen molar-refractivity contribution in [3.05, 3.63) is 29.8 Å². The zero-order chi connectivity index (χ0) is 23.0. The first-order chi connectivity index (χ1) is 15.4. The van der Waals surface area contributed by atoms with Crippen LogP contribution in [-0.2, 0) is 19.5 Å². The molecule has 2 aliphatic heterocycles. The average Bonchev–Trinajstić information content (AvgIpc) is 3.35. The van der Waals surface area contributed by atoms with Gasteiger partial charge in [-0.05, 0) is 37.0 Å². The Labute approximate surface area is 192 Å². The smallest absolute Gasteiger partial charge is 0.251 e. The third-order valence-corrected chi connectivity index (χ3v) is 7.93. The molecule has 9 heteroatoms. The van der Waals surface area contributed by atoms with Crippen molar-refractivity contribution in [3.8, 4) is 0 Å². The first-order valence-electron chi connectivity index (χ1n) is 11.8. The van der Waals surface area contributed by atoms with E-state index in [0.29, 0.717) is 37.8 Å². The Morgan fingerprint density at radius 2 is 1.94 bits per heavy atom. The number of nitrogens with zero attached hydrogens (tertiary/aromatic N) is 1. The van der Waals surface area contributed by atoms with Crippen LogP contribution in [0, 0.1) is 5.92 Å². The molecule has 3 rings (SSSR count). The van der Waals surface area contributed by atoms with Gasteiger partial charge in [-0.25, -0.2) is 13.1 Å². The van der Waals surface area contributed by atoms with Crippen molar-refractivity contribution >= 4 is 15.9 Å². The lowest BCUT2D eigenvalue weighted by molar-refractivity contribution is 0.00191. The van der Waals surface area contributed by atoms with Gasteiger partial charge in [0.1, 0.15) is 0 Å². The van der Waals surface area contributed by atoms with Gasteiger partial charge in [0.15, 0.2) is 0 Å². The third-order valence-electron chi connectivity index (χ3n) is 6.51. The lowest BCUT2D eigenvalue weighted by Crippen LogP contribution is -2.52. The molecule has 0 aromatic heterocycles. The molecular weight excluding hydrogens is 430 g/mol. The number of hydrogen-bond donors (Lipinski definition) is 2. The molecule has 0 aliphatic carbocycles. The zero-order valence-corrected chi connectivity index (χ0v) is 20.0. The molecule has 1 amide bonds. The molecule has 32 heavy (non-hydrogen) atoms. The number of benzene rings is 1. The minimum Gasteiger partial charge on any atom is -0.379 e. The largest absolute Gasteiger partial charge is 0.379 e. The van der Waals surface area contributed by atoms with Crippen molar-refractivity contribution in [1.82, 2.24) is 14.9 Å². The van der Waals surface area contributed by atoms with Crippen LogP contribution in [0.2, 0.25) is 0 Å². The summed E-state index contributed by atoms with van der Waals surface area (Å²) in [6.07, 6.45) is 3.80. The topological polar surface area (TPSA) is 97.0 Å². The Bertz CT molecular complexity index is 832. The van der Waals surface area contributed by atoms with Crippen molar-refractivity contribution in [3.63, 3.8) is 0 Å². The number of ether oxygens (including phenoxy) is 2. The van der Waals surface area contributed by atoms with Crippen LogP contribution in [0.4, 0.5) is 0 Å². The summed E-state index contributed by atoms with van der Waals surface area (Å²) in [5, 5.41) is 3.04. The predicted octanol–water partition coefficient (Wildman–Crippen LogP) is 2.01. The molecule has 0 bridgehead atoms. The zero-order valence-electron chi connectivity index (χ0n) is 19.2. The number of carbonyl (C=O) groups excluding carboxylic acids is 1. The molecule has 1 aromatic rings. The molecular formula is C23H37N3O5S. The molecule has 2 aliphatic rings. The highest BCUT2D eigenvalue weighted by Gasteiger charge is 2.27. The Hall–Kier alpha value is -1.52. The average molecular weight is 468 g/mol. The molecule has 2 saturated heterocycles. The Morgan fingerprint density at radius 1 is 1.19 bits per heavy atom. The van der Waals surface area contributed by atoms with E-state index in [2.05, 4.69) is 28.8 Å². The summed E-state index contributed by atoms with van der Waals surface area (Å²) < 4.78 is 39.0. The van der Waals surface area contributed by atoms with Gasteiger partial charge in [-0.2, -0.15) is 0 Å². The number of sulfonamides is 1. The monoisotopic (exact) mass is 467 g/mol. The van der Waals surface area contributed by atoms with Crippen molar-refractivity contribution in [2.24, 2.45) is 5.92 Å². The lowest BCUT2D eigenvalue weighted by Gasteiger charge is -2.38. The SMILES string of the molecule is CCC(CC)C(CNC(=O)c1cccc(S(=O)(=O)NCC2CCCO2)c1)N1CCOCC1. The molecule has 8 nitrogen and oxygen atoms in total. The number of hydrogen-bond acceptors (Lipinski definition) is 6. The van der Waals surface area contributed by atoms with E-state index in [1.807, 2.05) is 0 Å². The Morgan fingerprint density at radius 3 is 2.59 bits per heavy atom. The van der Waals surface area contributed by atoms with Crippen LogP contribution in [0.15, 0.2) is 29.2 Å². The van der Waals surface area contributed by atoms with Crippen LogP contribution in [0.5, 0.6) is 0 Å². The summed E-state index contributed by atoms with van der Waals surface area (Å²) in [4.78, 5) is 15.4. The Kier molecular flexibility index (Phi) is 9.48. The second-order valence-corrected chi connectivity index (χ2v) is 10.3. The van der Waals surface area contributed by atoms with Gasteiger partial charge in [-0.1, -0.05) is 32.8 Å². The van der Waals surface area contributed by atoms with E-state index < -0.39 is 10.0 Å². The summed E-state index contributed by atoms with van der Waals surface area (Å²) in [5.74, 6) is 0.215. The van der Waals surface area contributed by atoms with Gasteiger partial charge >= 0.3 is 0 Å². The first kappa shape index (κ1) is 25.1. The maximum atomic E-state index is 12.9. The number of rotatable bonds is 11. The van der Waals surface area contributed by atoms with E-state index in [-0.39, 0.29) is 29.5 Å². The maximum Gasteiger partial charge on any atom is 0.251 e. The van der Waals surface area contributed by atoms with Crippen LogP contribution in [0.25, 0.3) is 0 Å². The summed E-state index contributed by atoms with van der Waals surface area (Å²) in [6, 6.07) is 6.44. The fraction of sp³-hybridized carbons (Fsp3) is 0.696. The van der Waals surface area contributed by atoms with E-state index in [1.54, 1.807) is 12.1 Å². The second kappa shape index (κ2) is 12.1. The van der Waals surface area contributed by atoms with Crippen LogP contribution >= 0.6 is 0 Å². The normalized spacial score (nSPS) is 21.0. The predicted molar refractivity (Wildman–Crippen MR) is 123 cm³/mol. The van der Waals surface area contributed by atoms with E-state index in [9.17, 15) is 13.2 Å². The van der Waals surface area contributed by atoms with Gasteiger partial charge in [0.2, 0.25) is 10.0 Å². The number of amides is 1. The highest BCUT2D eigenvalue weighted by Crippen LogP contribution is 2.20. The van der Waals surface area contributed by atoms with Crippen molar-refractivity contribution in [2.75, 3.05) is 46.0 Å². The molecule has 2 N–H and O–H groups in total. The number of carbonyl (C=O) groups is 1. The molecule has 0 spiro atoms. The van der Waals surface area contributed by atoms with Gasteiger partial charge in [-0.3, -0.25) is 9.69 Å². The fourth-order valence-electron chi connectivity index (χ4n) is 4.53. The maximum absolute atomic E-state index is 12.9. The van der Waals surface area contributed by atoms with Crippen molar-refractivity contribution in [2.45, 2.75) is 56.6 Å². The third kappa shape index (κ3) is 6.74. The standard InChI is InChI=1S/C23H37N3O5S/c1-3-18(4-2)22(26-10-13-30-14-11-26)17-24-23(27)19-7-5-9-21(15-19)32(28,29)25-16-20-8-6-12-31-20/h5,7,9,15,18,20,22,25H,3-4,6,8,10-14,16-17H2,1-2H3,(H,24,27). The van der Waals surface area contributed by atoms with Crippen molar-refractivity contribution in [1.29, 1.82) is 0 Å². The van der Waals surface area contributed by atoms with E-state index in [1.165, 1.54) is 12.1 Å². The summed E-state index contributed by atoms with van der Waals surface area (Å²) in [7, 11) is -3.71. The molecule has 0 saturated carbocycles. The Balaban J connectivity index is 1.63. The van der Waals surface area contributed by atoms with Crippen LogP contribution in [0.3, 0.4) is 0 Å². The van der Waals surface area contributed by atoms with Gasteiger partial charge in [-0.15, -0.1) is 0 Å². The first-order valence-corrected chi connectivity index (χ1v) is 13.2. The minimum absolute atomic E-state index is 0.0848.